The Balaban J connectivity index is 1.43. The normalized spacial score (nSPS) is 11.1. The van der Waals surface area contributed by atoms with Gasteiger partial charge in [0.2, 0.25) is 0 Å². The number of thioether (sulfide) groups is 1. The Kier molecular flexibility index (Phi) is 9.00. The van der Waals surface area contributed by atoms with Crippen LogP contribution in [0.25, 0.3) is 17.1 Å². The minimum atomic E-state index is -0.266. The molecular weight excluding hydrogens is 517 g/mol. The van der Waals surface area contributed by atoms with Crippen LogP contribution in [-0.4, -0.2) is 39.2 Å². The topological polar surface area (TPSA) is 81.4 Å². The zero-order valence-corrected chi connectivity index (χ0v) is 21.7. The van der Waals surface area contributed by atoms with Gasteiger partial charge in [-0.15, -0.1) is 10.2 Å². The molecule has 0 aliphatic carbocycles. The van der Waals surface area contributed by atoms with E-state index in [1.165, 1.54) is 11.8 Å². The molecule has 0 aliphatic heterocycles. The Hall–Kier alpha value is -3.33. The molecule has 7 nitrogen and oxygen atoms in total. The molecule has 1 aromatic heterocycles. The van der Waals surface area contributed by atoms with Crippen LogP contribution < -0.4 is 10.2 Å². The van der Waals surface area contributed by atoms with Gasteiger partial charge in [0.15, 0.2) is 11.0 Å². The van der Waals surface area contributed by atoms with E-state index in [2.05, 4.69) is 27.6 Å². The molecule has 0 saturated heterocycles. The third-order valence-corrected chi connectivity index (χ3v) is 6.34. The summed E-state index contributed by atoms with van der Waals surface area (Å²) in [6, 6.07) is 22.2. The Labute approximate surface area is 223 Å². The van der Waals surface area contributed by atoms with E-state index in [1.807, 2.05) is 53.1 Å². The highest BCUT2D eigenvalue weighted by atomic mass is 35.5. The van der Waals surface area contributed by atoms with E-state index in [0.717, 1.165) is 29.0 Å². The average molecular weight is 540 g/mol. The van der Waals surface area contributed by atoms with E-state index < -0.39 is 0 Å². The molecule has 0 atom stereocenters. The number of ether oxygens (including phenoxy) is 1. The summed E-state index contributed by atoms with van der Waals surface area (Å²) in [5, 5.41) is 14.5. The lowest BCUT2D eigenvalue weighted by molar-refractivity contribution is -0.118. The van der Waals surface area contributed by atoms with E-state index in [9.17, 15) is 4.79 Å². The average Bonchev–Trinajstić information content (AvgIpc) is 3.32. The van der Waals surface area contributed by atoms with Gasteiger partial charge in [0, 0.05) is 21.3 Å². The fourth-order valence-corrected chi connectivity index (χ4v) is 4.18. The summed E-state index contributed by atoms with van der Waals surface area (Å²) in [4.78, 5) is 12.4. The molecule has 4 aromatic rings. The van der Waals surface area contributed by atoms with Crippen molar-refractivity contribution in [2.24, 2.45) is 5.10 Å². The lowest BCUT2D eigenvalue weighted by atomic mass is 10.2. The molecule has 0 aliphatic rings. The number of hydrogen-bond donors (Lipinski definition) is 1. The fraction of sp³-hybridized carbons (Fsp3) is 0.154. The Morgan fingerprint density at radius 3 is 2.33 bits per heavy atom. The third kappa shape index (κ3) is 6.87. The number of amides is 1. The zero-order valence-electron chi connectivity index (χ0n) is 19.4. The van der Waals surface area contributed by atoms with Crippen molar-refractivity contribution in [3.05, 3.63) is 88.4 Å². The molecule has 0 bridgehead atoms. The highest BCUT2D eigenvalue weighted by Gasteiger charge is 2.17. The van der Waals surface area contributed by atoms with Crippen molar-refractivity contribution in [2.45, 2.75) is 18.5 Å². The second-order valence-corrected chi connectivity index (χ2v) is 9.44. The molecule has 0 spiro atoms. The van der Waals surface area contributed by atoms with Crippen LogP contribution >= 0.6 is 35.0 Å². The van der Waals surface area contributed by atoms with E-state index in [0.29, 0.717) is 27.6 Å². The minimum absolute atomic E-state index is 0.105. The lowest BCUT2D eigenvalue weighted by Crippen LogP contribution is -2.20. The number of hydrazone groups is 1. The van der Waals surface area contributed by atoms with Crippen LogP contribution in [-0.2, 0) is 4.79 Å². The molecule has 1 amide bonds. The predicted molar refractivity (Wildman–Crippen MR) is 146 cm³/mol. The summed E-state index contributed by atoms with van der Waals surface area (Å²) in [7, 11) is 0. The number of nitrogens with one attached hydrogen (secondary N) is 1. The van der Waals surface area contributed by atoms with E-state index >= 15 is 0 Å². The first-order valence-corrected chi connectivity index (χ1v) is 12.9. The van der Waals surface area contributed by atoms with Gasteiger partial charge in [-0.3, -0.25) is 9.36 Å². The van der Waals surface area contributed by atoms with Crippen molar-refractivity contribution >= 4 is 47.1 Å². The van der Waals surface area contributed by atoms with Gasteiger partial charge in [-0.25, -0.2) is 5.43 Å². The standard InChI is InChI=1S/C26H23Cl2N5O2S/c1-2-15-35-23-13-3-18(4-14-23)16-29-30-24(34)17-36-26-32-31-25(19-5-7-20(27)8-6-19)33(26)22-11-9-21(28)10-12-22/h3-14,16H,2,15,17H2,1H3,(H,30,34)/b29-16-. The van der Waals surface area contributed by atoms with Gasteiger partial charge in [0.1, 0.15) is 5.75 Å². The van der Waals surface area contributed by atoms with Crippen LogP contribution in [0.1, 0.15) is 18.9 Å². The number of carbonyl (C=O) groups excluding carboxylic acids is 1. The van der Waals surface area contributed by atoms with Crippen molar-refractivity contribution in [3.63, 3.8) is 0 Å². The maximum absolute atomic E-state index is 12.4. The number of nitrogens with zero attached hydrogens (tertiary/aromatic N) is 4. The largest absolute Gasteiger partial charge is 0.494 e. The molecular formula is C26H23Cl2N5O2S. The minimum Gasteiger partial charge on any atom is -0.494 e. The number of halogens is 2. The summed E-state index contributed by atoms with van der Waals surface area (Å²) < 4.78 is 7.44. The monoisotopic (exact) mass is 539 g/mol. The summed E-state index contributed by atoms with van der Waals surface area (Å²) in [5.74, 6) is 1.27. The molecule has 184 valence electrons. The molecule has 36 heavy (non-hydrogen) atoms. The second kappa shape index (κ2) is 12.6. The maximum atomic E-state index is 12.4. The molecule has 1 heterocycles. The highest BCUT2D eigenvalue weighted by molar-refractivity contribution is 7.99. The molecule has 0 radical (unpaired) electrons. The molecule has 3 aromatic carbocycles. The third-order valence-electron chi connectivity index (χ3n) is 4.91. The van der Waals surface area contributed by atoms with Gasteiger partial charge in [-0.1, -0.05) is 41.9 Å². The van der Waals surface area contributed by atoms with Crippen molar-refractivity contribution in [3.8, 4) is 22.8 Å². The van der Waals surface area contributed by atoms with Crippen LogP contribution in [0.3, 0.4) is 0 Å². The number of hydrogen-bond acceptors (Lipinski definition) is 6. The first-order valence-electron chi connectivity index (χ1n) is 11.2. The van der Waals surface area contributed by atoms with Crippen molar-refractivity contribution in [2.75, 3.05) is 12.4 Å². The first kappa shape index (κ1) is 25.8. The molecule has 1 N–H and O–H groups in total. The van der Waals surface area contributed by atoms with Crippen molar-refractivity contribution in [1.29, 1.82) is 0 Å². The molecule has 0 saturated carbocycles. The smallest absolute Gasteiger partial charge is 0.250 e. The van der Waals surface area contributed by atoms with Gasteiger partial charge in [0.25, 0.3) is 5.91 Å². The summed E-state index contributed by atoms with van der Waals surface area (Å²) in [6.45, 7) is 2.73. The van der Waals surface area contributed by atoms with E-state index in [4.69, 9.17) is 27.9 Å². The van der Waals surface area contributed by atoms with Crippen LogP contribution in [0.15, 0.2) is 83.1 Å². The zero-order chi connectivity index (χ0) is 25.3. The summed E-state index contributed by atoms with van der Waals surface area (Å²) in [5.41, 5.74) is 5.06. The SMILES string of the molecule is CCCOc1ccc(/C=N\NC(=O)CSc2nnc(-c3ccc(Cl)cc3)n2-c2ccc(Cl)cc2)cc1. The van der Waals surface area contributed by atoms with Gasteiger partial charge in [-0.05, 0) is 84.8 Å². The van der Waals surface area contributed by atoms with Gasteiger partial charge < -0.3 is 4.74 Å². The second-order valence-electron chi connectivity index (χ2n) is 7.62. The molecule has 4 rings (SSSR count). The van der Waals surface area contributed by atoms with Gasteiger partial charge in [-0.2, -0.15) is 5.10 Å². The van der Waals surface area contributed by atoms with Crippen LogP contribution in [0.5, 0.6) is 5.75 Å². The van der Waals surface area contributed by atoms with E-state index in [-0.39, 0.29) is 11.7 Å². The molecule has 0 unspecified atom stereocenters. The van der Waals surface area contributed by atoms with Crippen LogP contribution in [0, 0.1) is 0 Å². The number of carbonyl (C=O) groups is 1. The molecule has 0 fully saturated rings. The predicted octanol–water partition coefficient (Wildman–Crippen LogP) is 6.27. The number of aromatic nitrogens is 3. The van der Waals surface area contributed by atoms with Gasteiger partial charge in [0.05, 0.1) is 18.6 Å². The fourth-order valence-electron chi connectivity index (χ4n) is 3.18. The summed E-state index contributed by atoms with van der Waals surface area (Å²) >= 11 is 13.4. The first-order chi connectivity index (χ1) is 17.5. The van der Waals surface area contributed by atoms with Crippen molar-refractivity contribution < 1.29 is 9.53 Å². The lowest BCUT2D eigenvalue weighted by Gasteiger charge is -2.10. The van der Waals surface area contributed by atoms with Crippen LogP contribution in [0.2, 0.25) is 10.0 Å². The summed E-state index contributed by atoms with van der Waals surface area (Å²) in [6.07, 6.45) is 2.53. The number of benzene rings is 3. The van der Waals surface area contributed by atoms with Crippen LogP contribution in [0.4, 0.5) is 0 Å². The van der Waals surface area contributed by atoms with E-state index in [1.54, 1.807) is 30.5 Å². The highest BCUT2D eigenvalue weighted by Crippen LogP contribution is 2.29. The molecule has 10 heteroatoms. The maximum Gasteiger partial charge on any atom is 0.250 e. The van der Waals surface area contributed by atoms with Gasteiger partial charge >= 0.3 is 0 Å². The Morgan fingerprint density at radius 2 is 1.67 bits per heavy atom. The quantitative estimate of drug-likeness (QED) is 0.146. The Bertz CT molecular complexity index is 1320. The van der Waals surface area contributed by atoms with Crippen molar-refractivity contribution in [1.82, 2.24) is 20.2 Å². The Morgan fingerprint density at radius 1 is 1.00 bits per heavy atom. The number of rotatable bonds is 10.